The van der Waals surface area contributed by atoms with Crippen molar-refractivity contribution in [3.63, 3.8) is 0 Å². The highest BCUT2D eigenvalue weighted by molar-refractivity contribution is 5.66. The molecule has 0 radical (unpaired) electrons. The highest BCUT2D eigenvalue weighted by Crippen LogP contribution is 2.33. The topological polar surface area (TPSA) is 72.6 Å². The summed E-state index contributed by atoms with van der Waals surface area (Å²) in [5, 5.41) is 8.58. The minimum Gasteiger partial charge on any atom is -0.481 e. The summed E-state index contributed by atoms with van der Waals surface area (Å²) < 4.78 is 5.23. The number of carboxylic acids is 1. The zero-order chi connectivity index (χ0) is 9.73. The van der Waals surface area contributed by atoms with Crippen molar-refractivity contribution >= 4 is 5.97 Å². The highest BCUT2D eigenvalue weighted by atomic mass is 16.5. The van der Waals surface area contributed by atoms with E-state index in [1.807, 2.05) is 0 Å². The molecule has 3 N–H and O–H groups in total. The molecule has 76 valence electrons. The molecule has 1 fully saturated rings. The molecule has 0 spiro atoms. The van der Waals surface area contributed by atoms with Gasteiger partial charge in [0.1, 0.15) is 0 Å². The van der Waals surface area contributed by atoms with E-state index in [0.717, 1.165) is 26.1 Å². The predicted molar refractivity (Wildman–Crippen MR) is 48.4 cm³/mol. The Balaban J connectivity index is 2.42. The first-order chi connectivity index (χ1) is 6.18. The number of rotatable bonds is 4. The van der Waals surface area contributed by atoms with E-state index < -0.39 is 5.97 Å². The maximum Gasteiger partial charge on any atom is 0.303 e. The van der Waals surface area contributed by atoms with Crippen molar-refractivity contribution in [1.29, 1.82) is 0 Å². The number of carboxylic acid groups (broad SMARTS) is 1. The molecule has 0 bridgehead atoms. The molecule has 0 aromatic carbocycles. The molecule has 0 amide bonds. The van der Waals surface area contributed by atoms with E-state index in [-0.39, 0.29) is 11.8 Å². The van der Waals surface area contributed by atoms with E-state index in [2.05, 4.69) is 0 Å². The summed E-state index contributed by atoms with van der Waals surface area (Å²) in [6, 6.07) is 0. The largest absolute Gasteiger partial charge is 0.481 e. The Labute approximate surface area is 78.1 Å². The Bertz CT molecular complexity index is 176. The molecule has 0 aromatic heterocycles. The maximum absolute atomic E-state index is 10.4. The van der Waals surface area contributed by atoms with Gasteiger partial charge in [0.15, 0.2) is 0 Å². The minimum atomic E-state index is -0.737. The summed E-state index contributed by atoms with van der Waals surface area (Å²) in [4.78, 5) is 10.4. The molecular formula is C9H17NO3. The summed E-state index contributed by atoms with van der Waals surface area (Å²) >= 11 is 0. The van der Waals surface area contributed by atoms with E-state index in [9.17, 15) is 4.79 Å². The van der Waals surface area contributed by atoms with Gasteiger partial charge in [0.2, 0.25) is 0 Å². The molecule has 4 nitrogen and oxygen atoms in total. The average Bonchev–Trinajstić information content (AvgIpc) is 2.16. The molecule has 1 aliphatic heterocycles. The van der Waals surface area contributed by atoms with E-state index in [1.165, 1.54) is 0 Å². The smallest absolute Gasteiger partial charge is 0.303 e. The Morgan fingerprint density at radius 2 is 2.08 bits per heavy atom. The SMILES string of the molecule is NCC1(CCC(=O)O)CCOCC1. The quantitative estimate of drug-likeness (QED) is 0.676. The highest BCUT2D eigenvalue weighted by Gasteiger charge is 2.31. The lowest BCUT2D eigenvalue weighted by molar-refractivity contribution is -0.138. The van der Waals surface area contributed by atoms with Gasteiger partial charge in [0.25, 0.3) is 0 Å². The third-order valence-corrected chi connectivity index (χ3v) is 2.86. The van der Waals surface area contributed by atoms with Crippen molar-refractivity contribution in [3.05, 3.63) is 0 Å². The van der Waals surface area contributed by atoms with E-state index in [4.69, 9.17) is 15.6 Å². The number of aliphatic carboxylic acids is 1. The lowest BCUT2D eigenvalue weighted by Crippen LogP contribution is -2.37. The molecule has 0 aromatic rings. The molecule has 0 unspecified atom stereocenters. The van der Waals surface area contributed by atoms with Crippen LogP contribution in [0, 0.1) is 5.41 Å². The van der Waals surface area contributed by atoms with Gasteiger partial charge in [0, 0.05) is 19.6 Å². The van der Waals surface area contributed by atoms with Gasteiger partial charge in [-0.3, -0.25) is 4.79 Å². The molecule has 0 atom stereocenters. The number of carbonyl (C=O) groups is 1. The second-order valence-electron chi connectivity index (χ2n) is 3.71. The van der Waals surface area contributed by atoms with Crippen molar-refractivity contribution < 1.29 is 14.6 Å². The van der Waals surface area contributed by atoms with Crippen LogP contribution < -0.4 is 5.73 Å². The first-order valence-corrected chi connectivity index (χ1v) is 4.68. The van der Waals surface area contributed by atoms with Crippen LogP contribution >= 0.6 is 0 Å². The van der Waals surface area contributed by atoms with E-state index in [1.54, 1.807) is 0 Å². The van der Waals surface area contributed by atoms with Crippen molar-refractivity contribution in [1.82, 2.24) is 0 Å². The van der Waals surface area contributed by atoms with Crippen LogP contribution in [0.15, 0.2) is 0 Å². The van der Waals surface area contributed by atoms with Crippen LogP contribution in [-0.4, -0.2) is 30.8 Å². The van der Waals surface area contributed by atoms with Crippen LogP contribution in [0.1, 0.15) is 25.7 Å². The summed E-state index contributed by atoms with van der Waals surface area (Å²) in [6.45, 7) is 2.01. The van der Waals surface area contributed by atoms with Gasteiger partial charge in [-0.05, 0) is 31.2 Å². The summed E-state index contributed by atoms with van der Waals surface area (Å²) in [6.07, 6.45) is 2.70. The lowest BCUT2D eigenvalue weighted by atomic mass is 9.76. The third-order valence-electron chi connectivity index (χ3n) is 2.86. The third kappa shape index (κ3) is 2.97. The second kappa shape index (κ2) is 4.58. The van der Waals surface area contributed by atoms with Gasteiger partial charge < -0.3 is 15.6 Å². The van der Waals surface area contributed by atoms with Crippen molar-refractivity contribution in [2.24, 2.45) is 11.1 Å². The lowest BCUT2D eigenvalue weighted by Gasteiger charge is -2.35. The first kappa shape index (κ1) is 10.5. The predicted octanol–water partition coefficient (Wildman–Crippen LogP) is 0.607. The van der Waals surface area contributed by atoms with E-state index in [0.29, 0.717) is 13.0 Å². The zero-order valence-corrected chi connectivity index (χ0v) is 7.79. The second-order valence-corrected chi connectivity index (χ2v) is 3.71. The number of hydrogen-bond donors (Lipinski definition) is 2. The fourth-order valence-corrected chi connectivity index (χ4v) is 1.73. The maximum atomic E-state index is 10.4. The van der Waals surface area contributed by atoms with Gasteiger partial charge >= 0.3 is 5.97 Å². The Kier molecular flexibility index (Phi) is 3.69. The van der Waals surface area contributed by atoms with Gasteiger partial charge in [-0.1, -0.05) is 0 Å². The summed E-state index contributed by atoms with van der Waals surface area (Å²) in [5.41, 5.74) is 5.70. The molecular weight excluding hydrogens is 170 g/mol. The fraction of sp³-hybridized carbons (Fsp3) is 0.889. The number of hydrogen-bond acceptors (Lipinski definition) is 3. The average molecular weight is 187 g/mol. The Morgan fingerprint density at radius 1 is 1.46 bits per heavy atom. The molecule has 4 heteroatoms. The summed E-state index contributed by atoms with van der Waals surface area (Å²) in [5.74, 6) is -0.737. The minimum absolute atomic E-state index is 0.0244. The monoisotopic (exact) mass is 187 g/mol. The van der Waals surface area contributed by atoms with Crippen molar-refractivity contribution in [2.45, 2.75) is 25.7 Å². The normalized spacial score (nSPS) is 21.3. The number of ether oxygens (including phenoxy) is 1. The van der Waals surface area contributed by atoms with Crippen LogP contribution in [0.4, 0.5) is 0 Å². The molecule has 13 heavy (non-hydrogen) atoms. The fourth-order valence-electron chi connectivity index (χ4n) is 1.73. The van der Waals surface area contributed by atoms with Crippen LogP contribution in [-0.2, 0) is 9.53 Å². The Morgan fingerprint density at radius 3 is 2.54 bits per heavy atom. The van der Waals surface area contributed by atoms with Gasteiger partial charge in [-0.2, -0.15) is 0 Å². The zero-order valence-electron chi connectivity index (χ0n) is 7.79. The van der Waals surface area contributed by atoms with Gasteiger partial charge in [-0.15, -0.1) is 0 Å². The molecule has 1 rings (SSSR count). The molecule has 1 saturated heterocycles. The standard InChI is InChI=1S/C9H17NO3/c10-7-9(2-1-8(11)12)3-5-13-6-4-9/h1-7,10H2,(H,11,12). The van der Waals surface area contributed by atoms with Crippen molar-refractivity contribution in [3.8, 4) is 0 Å². The molecule has 1 aliphatic rings. The molecule has 0 aliphatic carbocycles. The Hall–Kier alpha value is -0.610. The van der Waals surface area contributed by atoms with E-state index >= 15 is 0 Å². The van der Waals surface area contributed by atoms with Crippen LogP contribution in [0.25, 0.3) is 0 Å². The van der Waals surface area contributed by atoms with Crippen LogP contribution in [0.2, 0.25) is 0 Å². The number of nitrogens with two attached hydrogens (primary N) is 1. The molecule has 1 heterocycles. The van der Waals surface area contributed by atoms with Crippen LogP contribution in [0.5, 0.6) is 0 Å². The van der Waals surface area contributed by atoms with Crippen molar-refractivity contribution in [2.75, 3.05) is 19.8 Å². The van der Waals surface area contributed by atoms with Gasteiger partial charge in [-0.25, -0.2) is 0 Å². The van der Waals surface area contributed by atoms with Crippen LogP contribution in [0.3, 0.4) is 0 Å². The summed E-state index contributed by atoms with van der Waals surface area (Å²) in [7, 11) is 0. The molecule has 0 saturated carbocycles. The first-order valence-electron chi connectivity index (χ1n) is 4.68. The van der Waals surface area contributed by atoms with Gasteiger partial charge in [0.05, 0.1) is 0 Å².